The van der Waals surface area contributed by atoms with Crippen LogP contribution in [0, 0.1) is 5.82 Å². The molecule has 11 heteroatoms. The lowest BCUT2D eigenvalue weighted by molar-refractivity contribution is 0.257. The zero-order valence-electron chi connectivity index (χ0n) is 13.8. The molecule has 0 spiro atoms. The first kappa shape index (κ1) is 22.1. The molecule has 1 aliphatic rings. The van der Waals surface area contributed by atoms with Crippen molar-refractivity contribution in [1.29, 1.82) is 0 Å². The van der Waals surface area contributed by atoms with Gasteiger partial charge < -0.3 is 5.73 Å². The van der Waals surface area contributed by atoms with Gasteiger partial charge in [-0.15, -0.1) is 12.4 Å². The van der Waals surface area contributed by atoms with Gasteiger partial charge in [0, 0.05) is 19.1 Å². The zero-order valence-corrected chi connectivity index (χ0v) is 16.3. The molecule has 0 saturated carbocycles. The molecule has 0 amide bonds. The number of sulfonamides is 2. The predicted molar refractivity (Wildman–Crippen MR) is 97.3 cm³/mol. The van der Waals surface area contributed by atoms with Crippen LogP contribution in [0.25, 0.3) is 0 Å². The molecule has 1 aromatic carbocycles. The number of anilines is 1. The molecule has 3 N–H and O–H groups in total. The van der Waals surface area contributed by atoms with Gasteiger partial charge in [0.25, 0.3) is 0 Å². The van der Waals surface area contributed by atoms with E-state index in [4.69, 9.17) is 5.73 Å². The standard InChI is InChI=1S/C14H22FN3O4S2.ClH/c1-2-23(19,20)17-14-7-6-12(9-13(14)15)24(21,22)18-8-4-3-5-11(18)10-16;/h6-7,9,11,17H,2-5,8,10,16H2,1H3;1H. The maximum absolute atomic E-state index is 14.2. The minimum Gasteiger partial charge on any atom is -0.329 e. The minimum atomic E-state index is -3.88. The Morgan fingerprint density at radius 1 is 1.28 bits per heavy atom. The molecule has 1 atom stereocenters. The summed E-state index contributed by atoms with van der Waals surface area (Å²) in [4.78, 5) is -0.209. The monoisotopic (exact) mass is 415 g/mol. The summed E-state index contributed by atoms with van der Waals surface area (Å²) < 4.78 is 66.0. The van der Waals surface area contributed by atoms with Gasteiger partial charge in [-0.25, -0.2) is 21.2 Å². The predicted octanol–water partition coefficient (Wildman–Crippen LogP) is 1.51. The van der Waals surface area contributed by atoms with Crippen LogP contribution in [0.2, 0.25) is 0 Å². The maximum Gasteiger partial charge on any atom is 0.243 e. The van der Waals surface area contributed by atoms with E-state index in [1.165, 1.54) is 17.3 Å². The summed E-state index contributed by atoms with van der Waals surface area (Å²) in [5.74, 6) is -1.15. The minimum absolute atomic E-state index is 0. The number of nitrogens with two attached hydrogens (primary N) is 1. The Hall–Kier alpha value is -0.940. The van der Waals surface area contributed by atoms with E-state index in [1.54, 1.807) is 0 Å². The Kier molecular flexibility index (Phi) is 7.63. The summed E-state index contributed by atoms with van der Waals surface area (Å²) in [7, 11) is -7.52. The highest BCUT2D eigenvalue weighted by molar-refractivity contribution is 7.92. The zero-order chi connectivity index (χ0) is 18.0. The van der Waals surface area contributed by atoms with Crippen LogP contribution < -0.4 is 10.5 Å². The van der Waals surface area contributed by atoms with Gasteiger partial charge in [0.05, 0.1) is 16.3 Å². The molecule has 1 saturated heterocycles. The van der Waals surface area contributed by atoms with Crippen LogP contribution in [0.5, 0.6) is 0 Å². The summed E-state index contributed by atoms with van der Waals surface area (Å²) in [5, 5.41) is 0. The molecule has 1 aliphatic heterocycles. The average molecular weight is 416 g/mol. The van der Waals surface area contributed by atoms with Gasteiger partial charge in [-0.05, 0) is 38.0 Å². The molecule has 1 fully saturated rings. The van der Waals surface area contributed by atoms with Gasteiger partial charge >= 0.3 is 0 Å². The van der Waals surface area contributed by atoms with Crippen LogP contribution in [-0.4, -0.2) is 46.0 Å². The molecule has 0 radical (unpaired) electrons. The molecule has 2 rings (SSSR count). The summed E-state index contributed by atoms with van der Waals surface area (Å²) in [5.41, 5.74) is 5.38. The normalized spacial score (nSPS) is 19.2. The van der Waals surface area contributed by atoms with E-state index in [2.05, 4.69) is 4.72 Å². The first-order valence-electron chi connectivity index (χ1n) is 7.73. The Labute approximate surface area is 154 Å². The number of halogens is 2. The van der Waals surface area contributed by atoms with E-state index < -0.39 is 25.9 Å². The van der Waals surface area contributed by atoms with Gasteiger partial charge in [-0.2, -0.15) is 4.31 Å². The van der Waals surface area contributed by atoms with Gasteiger partial charge in [0.15, 0.2) is 0 Å². The van der Waals surface area contributed by atoms with Crippen molar-refractivity contribution in [2.45, 2.75) is 37.1 Å². The smallest absolute Gasteiger partial charge is 0.243 e. The molecule has 1 aromatic rings. The number of benzene rings is 1. The largest absolute Gasteiger partial charge is 0.329 e. The number of hydrogen-bond acceptors (Lipinski definition) is 5. The number of nitrogens with one attached hydrogen (secondary N) is 1. The van der Waals surface area contributed by atoms with E-state index in [-0.39, 0.29) is 41.3 Å². The molecule has 25 heavy (non-hydrogen) atoms. The van der Waals surface area contributed by atoms with E-state index in [0.717, 1.165) is 25.0 Å². The van der Waals surface area contributed by atoms with Crippen molar-refractivity contribution in [2.24, 2.45) is 5.73 Å². The molecular weight excluding hydrogens is 393 g/mol. The van der Waals surface area contributed by atoms with E-state index in [9.17, 15) is 21.2 Å². The SMILES string of the molecule is CCS(=O)(=O)Nc1ccc(S(=O)(=O)N2CCCCC2CN)cc1F.Cl. The van der Waals surface area contributed by atoms with Crippen molar-refractivity contribution in [1.82, 2.24) is 4.31 Å². The molecule has 7 nitrogen and oxygen atoms in total. The number of hydrogen-bond donors (Lipinski definition) is 2. The van der Waals surface area contributed by atoms with Gasteiger partial charge in [0.1, 0.15) is 5.82 Å². The number of rotatable bonds is 6. The second-order valence-corrected chi connectivity index (χ2v) is 9.55. The lowest BCUT2D eigenvalue weighted by Crippen LogP contribution is -2.47. The third-order valence-corrected chi connectivity index (χ3v) is 7.28. The highest BCUT2D eigenvalue weighted by atomic mass is 35.5. The third-order valence-electron chi connectivity index (χ3n) is 4.04. The van der Waals surface area contributed by atoms with Crippen LogP contribution >= 0.6 is 12.4 Å². The first-order chi connectivity index (χ1) is 11.2. The van der Waals surface area contributed by atoms with Crippen molar-refractivity contribution in [3.8, 4) is 0 Å². The lowest BCUT2D eigenvalue weighted by Gasteiger charge is -2.33. The second-order valence-electron chi connectivity index (χ2n) is 5.65. The van der Waals surface area contributed by atoms with Gasteiger partial charge in [-0.3, -0.25) is 4.72 Å². The molecule has 144 valence electrons. The van der Waals surface area contributed by atoms with Crippen molar-refractivity contribution >= 4 is 38.1 Å². The fraction of sp³-hybridized carbons (Fsp3) is 0.571. The van der Waals surface area contributed by atoms with Crippen molar-refractivity contribution in [3.63, 3.8) is 0 Å². The van der Waals surface area contributed by atoms with Crippen LogP contribution in [0.15, 0.2) is 23.1 Å². The molecule has 1 heterocycles. The Morgan fingerprint density at radius 2 is 1.96 bits per heavy atom. The Balaban J connectivity index is 0.00000312. The number of nitrogens with zero attached hydrogens (tertiary/aromatic N) is 1. The maximum atomic E-state index is 14.2. The van der Waals surface area contributed by atoms with Crippen LogP contribution in [0.3, 0.4) is 0 Å². The molecule has 0 bridgehead atoms. The summed E-state index contributed by atoms with van der Waals surface area (Å²) in [6.45, 7) is 1.97. The number of piperidine rings is 1. The third kappa shape index (κ3) is 5.04. The van der Waals surface area contributed by atoms with Crippen LogP contribution in [0.4, 0.5) is 10.1 Å². The molecule has 0 aliphatic carbocycles. The lowest BCUT2D eigenvalue weighted by atomic mass is 10.1. The summed E-state index contributed by atoms with van der Waals surface area (Å²) in [6.07, 6.45) is 2.30. The Morgan fingerprint density at radius 3 is 2.52 bits per heavy atom. The van der Waals surface area contributed by atoms with Gasteiger partial charge in [-0.1, -0.05) is 6.42 Å². The summed E-state index contributed by atoms with van der Waals surface area (Å²) in [6, 6.07) is 2.86. The van der Waals surface area contributed by atoms with Crippen LogP contribution in [-0.2, 0) is 20.0 Å². The highest BCUT2D eigenvalue weighted by Gasteiger charge is 2.33. The summed E-state index contributed by atoms with van der Waals surface area (Å²) >= 11 is 0. The average Bonchev–Trinajstić information content (AvgIpc) is 2.56. The van der Waals surface area contributed by atoms with E-state index >= 15 is 0 Å². The molecule has 1 unspecified atom stereocenters. The fourth-order valence-corrected chi connectivity index (χ4v) is 5.00. The molecule has 0 aromatic heterocycles. The highest BCUT2D eigenvalue weighted by Crippen LogP contribution is 2.27. The van der Waals surface area contributed by atoms with Crippen molar-refractivity contribution in [3.05, 3.63) is 24.0 Å². The van der Waals surface area contributed by atoms with Crippen LogP contribution in [0.1, 0.15) is 26.2 Å². The second kappa shape index (κ2) is 8.63. The topological polar surface area (TPSA) is 110 Å². The van der Waals surface area contributed by atoms with E-state index in [1.807, 2.05) is 0 Å². The first-order valence-corrected chi connectivity index (χ1v) is 10.8. The van der Waals surface area contributed by atoms with Crippen molar-refractivity contribution in [2.75, 3.05) is 23.6 Å². The van der Waals surface area contributed by atoms with Gasteiger partial charge in [0.2, 0.25) is 20.0 Å². The quantitative estimate of drug-likeness (QED) is 0.731. The van der Waals surface area contributed by atoms with Crippen molar-refractivity contribution < 1.29 is 21.2 Å². The Bertz CT molecular complexity index is 802. The fourth-order valence-electron chi connectivity index (χ4n) is 2.64. The van der Waals surface area contributed by atoms with E-state index in [0.29, 0.717) is 13.0 Å². The molecular formula is C14H23ClFN3O4S2.